The largest absolute Gasteiger partial charge is 0.378 e. The Morgan fingerprint density at radius 1 is 1.69 bits per heavy atom. The van der Waals surface area contributed by atoms with Gasteiger partial charge in [0.25, 0.3) is 0 Å². The molecule has 1 aliphatic heterocycles. The molecule has 0 fully saturated rings. The van der Waals surface area contributed by atoms with Crippen molar-refractivity contribution in [3.63, 3.8) is 0 Å². The zero-order valence-electron chi connectivity index (χ0n) is 8.29. The monoisotopic (exact) mass is 180 g/mol. The fraction of sp³-hybridized carbons (Fsp3) is 0.700. The number of rotatable bonds is 2. The molecule has 0 saturated heterocycles. The van der Waals surface area contributed by atoms with Crippen molar-refractivity contribution in [2.75, 3.05) is 7.11 Å². The molecule has 0 saturated carbocycles. The first kappa shape index (κ1) is 8.75. The molecule has 2 heterocycles. The smallest absolute Gasteiger partial charge is 0.111 e. The normalized spacial score (nSPS) is 21.5. The predicted octanol–water partition coefficient (Wildman–Crippen LogP) is 1.93. The van der Waals surface area contributed by atoms with E-state index in [4.69, 9.17) is 4.74 Å². The van der Waals surface area contributed by atoms with Crippen molar-refractivity contribution in [1.29, 1.82) is 0 Å². The van der Waals surface area contributed by atoms with Crippen molar-refractivity contribution in [2.24, 2.45) is 0 Å². The number of aryl methyl sites for hydroxylation is 1. The Labute approximate surface area is 78.7 Å². The minimum absolute atomic E-state index is 0.611. The molecule has 1 aromatic rings. The van der Waals surface area contributed by atoms with Crippen molar-refractivity contribution in [3.8, 4) is 0 Å². The third kappa shape index (κ3) is 1.61. The molecule has 0 radical (unpaired) electrons. The molecule has 0 bridgehead atoms. The van der Waals surface area contributed by atoms with Gasteiger partial charge >= 0.3 is 0 Å². The molecule has 0 N–H and O–H groups in total. The Morgan fingerprint density at radius 3 is 3.23 bits per heavy atom. The Morgan fingerprint density at radius 2 is 2.54 bits per heavy atom. The number of methoxy groups -OCH3 is 1. The molecule has 2 rings (SSSR count). The highest BCUT2D eigenvalue weighted by Crippen LogP contribution is 2.25. The molecule has 1 unspecified atom stereocenters. The summed E-state index contributed by atoms with van der Waals surface area (Å²) in [7, 11) is 1.71. The first-order chi connectivity index (χ1) is 6.31. The number of hydrogen-bond acceptors (Lipinski definition) is 2. The molecule has 0 aromatic carbocycles. The molecule has 3 heteroatoms. The summed E-state index contributed by atoms with van der Waals surface area (Å²) in [6.07, 6.45) is 4.66. The van der Waals surface area contributed by atoms with Crippen LogP contribution in [0.1, 0.15) is 37.2 Å². The first-order valence-corrected chi connectivity index (χ1v) is 4.86. The highest BCUT2D eigenvalue weighted by atomic mass is 16.5. The summed E-state index contributed by atoms with van der Waals surface area (Å²) in [6.45, 7) is 4.00. The van der Waals surface area contributed by atoms with Crippen molar-refractivity contribution in [3.05, 3.63) is 17.7 Å². The molecule has 1 aliphatic rings. The highest BCUT2D eigenvalue weighted by Gasteiger charge is 2.18. The van der Waals surface area contributed by atoms with E-state index in [0.29, 0.717) is 12.5 Å². The van der Waals surface area contributed by atoms with Gasteiger partial charge in [0.2, 0.25) is 0 Å². The van der Waals surface area contributed by atoms with Crippen LogP contribution in [0.15, 0.2) is 6.20 Å². The molecule has 3 nitrogen and oxygen atoms in total. The third-order valence-corrected chi connectivity index (χ3v) is 2.63. The van der Waals surface area contributed by atoms with Gasteiger partial charge in [-0.15, -0.1) is 0 Å². The minimum atomic E-state index is 0.611. The van der Waals surface area contributed by atoms with Crippen LogP contribution in [0.25, 0.3) is 0 Å². The Bertz CT molecular complexity index is 293. The average Bonchev–Trinajstić information content (AvgIpc) is 2.49. The number of ether oxygens (including phenoxy) is 1. The van der Waals surface area contributed by atoms with Crippen molar-refractivity contribution in [2.45, 2.75) is 38.8 Å². The Balaban J connectivity index is 2.25. The second-order valence-electron chi connectivity index (χ2n) is 3.76. The van der Waals surface area contributed by atoms with Crippen molar-refractivity contribution < 1.29 is 4.74 Å². The fourth-order valence-electron chi connectivity index (χ4n) is 1.97. The van der Waals surface area contributed by atoms with Crippen LogP contribution in [0, 0.1) is 0 Å². The SMILES string of the molecule is COCc1cn2c(n1)C(C)CCC2. The summed E-state index contributed by atoms with van der Waals surface area (Å²) in [5, 5.41) is 0. The summed E-state index contributed by atoms with van der Waals surface area (Å²) >= 11 is 0. The maximum atomic E-state index is 5.07. The molecule has 13 heavy (non-hydrogen) atoms. The van der Waals surface area contributed by atoms with Crippen LogP contribution in [0.5, 0.6) is 0 Å². The number of fused-ring (bicyclic) bond motifs is 1. The van der Waals surface area contributed by atoms with Crippen LogP contribution < -0.4 is 0 Å². The van der Waals surface area contributed by atoms with Crippen molar-refractivity contribution in [1.82, 2.24) is 9.55 Å². The molecule has 0 spiro atoms. The fourth-order valence-corrected chi connectivity index (χ4v) is 1.97. The molecular weight excluding hydrogens is 164 g/mol. The molecular formula is C10H16N2O. The van der Waals surface area contributed by atoms with E-state index >= 15 is 0 Å². The van der Waals surface area contributed by atoms with Gasteiger partial charge in [-0.25, -0.2) is 4.98 Å². The number of hydrogen-bond donors (Lipinski definition) is 0. The first-order valence-electron chi connectivity index (χ1n) is 4.86. The van der Waals surface area contributed by atoms with E-state index in [2.05, 4.69) is 22.7 Å². The van der Waals surface area contributed by atoms with Crippen LogP contribution in [0.3, 0.4) is 0 Å². The van der Waals surface area contributed by atoms with E-state index in [1.165, 1.54) is 18.7 Å². The third-order valence-electron chi connectivity index (χ3n) is 2.63. The number of aromatic nitrogens is 2. The molecule has 0 aliphatic carbocycles. The Hall–Kier alpha value is -0.830. The molecule has 1 aromatic heterocycles. The topological polar surface area (TPSA) is 27.1 Å². The number of nitrogens with zero attached hydrogens (tertiary/aromatic N) is 2. The maximum Gasteiger partial charge on any atom is 0.111 e. The van der Waals surface area contributed by atoms with E-state index in [1.54, 1.807) is 7.11 Å². The van der Waals surface area contributed by atoms with Crippen LogP contribution in [-0.2, 0) is 17.9 Å². The lowest BCUT2D eigenvalue weighted by molar-refractivity contribution is 0.181. The van der Waals surface area contributed by atoms with E-state index < -0.39 is 0 Å². The summed E-state index contributed by atoms with van der Waals surface area (Å²) in [5.41, 5.74) is 1.06. The van der Waals surface area contributed by atoms with Gasteiger partial charge in [-0.3, -0.25) is 0 Å². The zero-order chi connectivity index (χ0) is 9.26. The predicted molar refractivity (Wildman–Crippen MR) is 50.6 cm³/mol. The summed E-state index contributed by atoms with van der Waals surface area (Å²) in [6, 6.07) is 0. The van der Waals surface area contributed by atoms with Crippen LogP contribution in [0.2, 0.25) is 0 Å². The number of imidazole rings is 1. The molecule has 0 amide bonds. The lowest BCUT2D eigenvalue weighted by Gasteiger charge is -2.19. The lowest BCUT2D eigenvalue weighted by Crippen LogP contribution is -2.12. The second kappa shape index (κ2) is 3.50. The summed E-state index contributed by atoms with van der Waals surface area (Å²) in [5.74, 6) is 1.85. The molecule has 72 valence electrons. The van der Waals surface area contributed by atoms with Crippen LogP contribution in [0.4, 0.5) is 0 Å². The standard InChI is InChI=1S/C10H16N2O/c1-8-4-3-5-12-6-9(7-13-2)11-10(8)12/h6,8H,3-5,7H2,1-2H3. The van der Waals surface area contributed by atoms with Gasteiger partial charge < -0.3 is 9.30 Å². The van der Waals surface area contributed by atoms with E-state index in [-0.39, 0.29) is 0 Å². The summed E-state index contributed by atoms with van der Waals surface area (Å²) in [4.78, 5) is 4.56. The van der Waals surface area contributed by atoms with E-state index in [1.807, 2.05) is 0 Å². The quantitative estimate of drug-likeness (QED) is 0.695. The van der Waals surface area contributed by atoms with E-state index in [0.717, 1.165) is 12.2 Å². The minimum Gasteiger partial charge on any atom is -0.378 e. The van der Waals surface area contributed by atoms with Gasteiger partial charge in [-0.1, -0.05) is 6.92 Å². The second-order valence-corrected chi connectivity index (χ2v) is 3.76. The summed E-state index contributed by atoms with van der Waals surface area (Å²) < 4.78 is 7.33. The van der Waals surface area contributed by atoms with E-state index in [9.17, 15) is 0 Å². The van der Waals surface area contributed by atoms with Gasteiger partial charge in [0.1, 0.15) is 5.82 Å². The Kier molecular flexibility index (Phi) is 2.36. The van der Waals surface area contributed by atoms with Crippen LogP contribution >= 0.6 is 0 Å². The van der Waals surface area contributed by atoms with Gasteiger partial charge in [0.05, 0.1) is 12.3 Å². The zero-order valence-corrected chi connectivity index (χ0v) is 8.29. The van der Waals surface area contributed by atoms with Gasteiger partial charge in [-0.2, -0.15) is 0 Å². The highest BCUT2D eigenvalue weighted by molar-refractivity contribution is 5.09. The molecule has 1 atom stereocenters. The average molecular weight is 180 g/mol. The van der Waals surface area contributed by atoms with Gasteiger partial charge in [0, 0.05) is 25.8 Å². The van der Waals surface area contributed by atoms with Crippen molar-refractivity contribution >= 4 is 0 Å². The maximum absolute atomic E-state index is 5.07. The van der Waals surface area contributed by atoms with Crippen LogP contribution in [-0.4, -0.2) is 16.7 Å². The lowest BCUT2D eigenvalue weighted by atomic mass is 10.0. The van der Waals surface area contributed by atoms with Gasteiger partial charge in [-0.05, 0) is 12.8 Å². The van der Waals surface area contributed by atoms with Gasteiger partial charge in [0.15, 0.2) is 0 Å².